The van der Waals surface area contributed by atoms with Gasteiger partial charge in [0.05, 0.1) is 25.7 Å². The molecule has 2 rings (SSSR count). The first kappa shape index (κ1) is 26.9. The van der Waals surface area contributed by atoms with Gasteiger partial charge < -0.3 is 29.6 Å². The van der Waals surface area contributed by atoms with Crippen LogP contribution in [0.25, 0.3) is 0 Å². The molecule has 2 amide bonds. The Morgan fingerprint density at radius 2 is 1.59 bits per heavy atom. The molecule has 0 bridgehead atoms. The van der Waals surface area contributed by atoms with Crippen molar-refractivity contribution in [3.8, 4) is 0 Å². The Kier molecular flexibility index (Phi) is 9.70. The number of esters is 2. The number of hydrogen-bond acceptors (Lipinski definition) is 8. The monoisotopic (exact) mass is 478 g/mol. The van der Waals surface area contributed by atoms with Gasteiger partial charge in [-0.3, -0.25) is 4.79 Å². The number of carbonyl (C=O) groups excluding carboxylic acids is 4. The Labute approximate surface area is 199 Å². The lowest BCUT2D eigenvalue weighted by atomic mass is 10.1. The Morgan fingerprint density at radius 3 is 2.18 bits per heavy atom. The lowest BCUT2D eigenvalue weighted by molar-refractivity contribution is -0.147. The fraction of sp³-hybridized carbons (Fsp3) is 0.583. The lowest BCUT2D eigenvalue weighted by Crippen LogP contribution is -2.46. The van der Waals surface area contributed by atoms with Crippen LogP contribution >= 0.6 is 0 Å². The van der Waals surface area contributed by atoms with Crippen LogP contribution in [0.15, 0.2) is 30.3 Å². The van der Waals surface area contributed by atoms with E-state index in [0.29, 0.717) is 0 Å². The van der Waals surface area contributed by atoms with Gasteiger partial charge in [0.25, 0.3) is 0 Å². The second-order valence-corrected chi connectivity index (χ2v) is 8.83. The van der Waals surface area contributed by atoms with Crippen molar-refractivity contribution < 1.29 is 38.1 Å². The van der Waals surface area contributed by atoms with Gasteiger partial charge in [-0.05, 0) is 40.2 Å². The van der Waals surface area contributed by atoms with Crippen molar-refractivity contribution in [2.45, 2.75) is 52.8 Å². The maximum Gasteiger partial charge on any atom is 0.408 e. The van der Waals surface area contributed by atoms with Crippen LogP contribution in [0, 0.1) is 17.8 Å². The number of amides is 2. The third-order valence-electron chi connectivity index (χ3n) is 5.07. The summed E-state index contributed by atoms with van der Waals surface area (Å²) < 4.78 is 20.8. The largest absolute Gasteiger partial charge is 0.466 e. The molecule has 34 heavy (non-hydrogen) atoms. The van der Waals surface area contributed by atoms with E-state index in [-0.39, 0.29) is 26.4 Å². The van der Waals surface area contributed by atoms with Gasteiger partial charge in [-0.15, -0.1) is 0 Å². The van der Waals surface area contributed by atoms with Crippen LogP contribution in [0.5, 0.6) is 0 Å². The summed E-state index contributed by atoms with van der Waals surface area (Å²) in [7, 11) is 0. The summed E-state index contributed by atoms with van der Waals surface area (Å²) >= 11 is 0. The Hall–Kier alpha value is -3.30. The van der Waals surface area contributed by atoms with Crippen molar-refractivity contribution in [3.05, 3.63) is 35.9 Å². The van der Waals surface area contributed by atoms with Gasteiger partial charge in [0.1, 0.15) is 11.6 Å². The summed E-state index contributed by atoms with van der Waals surface area (Å²) in [5.74, 6) is -3.20. The molecular formula is C24H34N2O8. The van der Waals surface area contributed by atoms with Crippen molar-refractivity contribution in [2.75, 3.05) is 19.8 Å². The van der Waals surface area contributed by atoms with Crippen molar-refractivity contribution in [2.24, 2.45) is 17.8 Å². The number of nitrogens with one attached hydrogen (secondary N) is 2. The minimum Gasteiger partial charge on any atom is -0.466 e. The standard InChI is InChI=1S/C24H34N2O8/c1-6-31-20(27)18-16(14-33-22(29)25-13-15-11-9-8-10-12-15)17(18)19(21(28)32-7-2)26-23(30)34-24(3,4)5/h8-12,16-19H,6-7,13-14H2,1-5H3,(H,25,29)(H,26,30)/t16-,17+,18+,19+/m0/s1. The molecule has 1 saturated carbocycles. The number of benzene rings is 1. The van der Waals surface area contributed by atoms with Gasteiger partial charge >= 0.3 is 24.1 Å². The Balaban J connectivity index is 2.06. The molecule has 188 valence electrons. The zero-order valence-corrected chi connectivity index (χ0v) is 20.3. The number of alkyl carbamates (subject to hydrolysis) is 2. The molecule has 0 heterocycles. The first-order valence-electron chi connectivity index (χ1n) is 11.3. The molecule has 0 unspecified atom stereocenters. The highest BCUT2D eigenvalue weighted by Gasteiger charge is 2.62. The van der Waals surface area contributed by atoms with E-state index < -0.39 is 53.5 Å². The molecule has 4 atom stereocenters. The van der Waals surface area contributed by atoms with Crippen LogP contribution in [0.4, 0.5) is 9.59 Å². The van der Waals surface area contributed by atoms with Gasteiger partial charge in [0.2, 0.25) is 0 Å². The average Bonchev–Trinajstić information content (AvgIpc) is 3.48. The van der Waals surface area contributed by atoms with Crippen molar-refractivity contribution in [1.29, 1.82) is 0 Å². The third-order valence-corrected chi connectivity index (χ3v) is 5.07. The molecule has 0 aliphatic heterocycles. The molecule has 1 aliphatic rings. The van der Waals surface area contributed by atoms with E-state index in [4.69, 9.17) is 18.9 Å². The number of rotatable bonds is 10. The fourth-order valence-electron chi connectivity index (χ4n) is 3.61. The number of ether oxygens (including phenoxy) is 4. The summed E-state index contributed by atoms with van der Waals surface area (Å²) in [5.41, 5.74) is 0.115. The predicted molar refractivity (Wildman–Crippen MR) is 122 cm³/mol. The molecule has 0 saturated heterocycles. The minimum atomic E-state index is -1.16. The molecule has 0 aromatic heterocycles. The lowest BCUT2D eigenvalue weighted by Gasteiger charge is -2.23. The molecular weight excluding hydrogens is 444 g/mol. The fourth-order valence-corrected chi connectivity index (χ4v) is 3.61. The van der Waals surface area contributed by atoms with Crippen LogP contribution in [0.2, 0.25) is 0 Å². The van der Waals surface area contributed by atoms with Crippen LogP contribution in [-0.4, -0.2) is 55.6 Å². The molecule has 1 aromatic rings. The molecule has 10 heteroatoms. The first-order chi connectivity index (χ1) is 16.1. The molecule has 1 aliphatic carbocycles. The van der Waals surface area contributed by atoms with Gasteiger partial charge in [0.15, 0.2) is 0 Å². The van der Waals surface area contributed by atoms with Crippen molar-refractivity contribution >= 4 is 24.1 Å². The summed E-state index contributed by atoms with van der Waals surface area (Å²) in [6.45, 7) is 8.75. The molecule has 1 fully saturated rings. The van der Waals surface area contributed by atoms with Gasteiger partial charge in [-0.2, -0.15) is 0 Å². The number of carbonyl (C=O) groups is 4. The first-order valence-corrected chi connectivity index (χ1v) is 11.3. The highest BCUT2D eigenvalue weighted by molar-refractivity contribution is 5.85. The average molecular weight is 479 g/mol. The molecule has 10 nitrogen and oxygen atoms in total. The second-order valence-electron chi connectivity index (χ2n) is 8.83. The van der Waals surface area contributed by atoms with E-state index in [0.717, 1.165) is 5.56 Å². The summed E-state index contributed by atoms with van der Waals surface area (Å²) in [4.78, 5) is 49.7. The van der Waals surface area contributed by atoms with Crippen LogP contribution in [-0.2, 0) is 35.1 Å². The second kappa shape index (κ2) is 12.2. The van der Waals surface area contributed by atoms with Crippen LogP contribution < -0.4 is 10.6 Å². The topological polar surface area (TPSA) is 129 Å². The van der Waals surface area contributed by atoms with Crippen molar-refractivity contribution in [3.63, 3.8) is 0 Å². The summed E-state index contributed by atoms with van der Waals surface area (Å²) in [6, 6.07) is 8.14. The molecule has 1 aromatic carbocycles. The van der Waals surface area contributed by atoms with Crippen LogP contribution in [0.3, 0.4) is 0 Å². The molecule has 0 spiro atoms. The molecule has 2 N–H and O–H groups in total. The van der Waals surface area contributed by atoms with E-state index in [1.54, 1.807) is 34.6 Å². The summed E-state index contributed by atoms with van der Waals surface area (Å²) in [5, 5.41) is 5.15. The zero-order chi connectivity index (χ0) is 25.3. The summed E-state index contributed by atoms with van der Waals surface area (Å²) in [6.07, 6.45) is -1.48. The maximum absolute atomic E-state index is 12.6. The van der Waals surface area contributed by atoms with E-state index in [1.807, 2.05) is 30.3 Å². The smallest absolute Gasteiger partial charge is 0.408 e. The minimum absolute atomic E-state index is 0.0885. The van der Waals surface area contributed by atoms with E-state index in [9.17, 15) is 19.2 Å². The number of hydrogen-bond donors (Lipinski definition) is 2. The maximum atomic E-state index is 12.6. The van der Waals surface area contributed by atoms with Crippen molar-refractivity contribution in [1.82, 2.24) is 10.6 Å². The highest BCUT2D eigenvalue weighted by Crippen LogP contribution is 2.50. The predicted octanol–water partition coefficient (Wildman–Crippen LogP) is 2.79. The Bertz CT molecular complexity index is 852. The van der Waals surface area contributed by atoms with Crippen LogP contribution in [0.1, 0.15) is 40.2 Å². The van der Waals surface area contributed by atoms with Gasteiger partial charge in [-0.25, -0.2) is 14.4 Å². The van der Waals surface area contributed by atoms with Gasteiger partial charge in [-0.1, -0.05) is 30.3 Å². The zero-order valence-electron chi connectivity index (χ0n) is 20.3. The normalized spacial score (nSPS) is 19.9. The quantitative estimate of drug-likeness (QED) is 0.388. The SMILES string of the molecule is CCOC(=O)[C@@H]1[C@@H](COC(=O)NCc2ccccc2)[C@H]1[C@@H](NC(=O)OC(C)(C)C)C(=O)OCC. The highest BCUT2D eigenvalue weighted by atomic mass is 16.6. The van der Waals surface area contributed by atoms with E-state index >= 15 is 0 Å². The Morgan fingerprint density at radius 1 is 0.941 bits per heavy atom. The third kappa shape index (κ3) is 8.24. The van der Waals surface area contributed by atoms with E-state index in [2.05, 4.69) is 10.6 Å². The van der Waals surface area contributed by atoms with E-state index in [1.165, 1.54) is 0 Å². The molecule has 0 radical (unpaired) electrons. The van der Waals surface area contributed by atoms with Gasteiger partial charge in [0, 0.05) is 18.4 Å².